The molecule has 3 rings (SSSR count). The van der Waals surface area contributed by atoms with Crippen molar-refractivity contribution in [1.82, 2.24) is 10.2 Å². The number of benzene rings is 2. The van der Waals surface area contributed by atoms with Gasteiger partial charge in [-0.2, -0.15) is 0 Å². The highest BCUT2D eigenvalue weighted by Gasteiger charge is 2.44. The Labute approximate surface area is 171 Å². The molecule has 1 saturated heterocycles. The van der Waals surface area contributed by atoms with Gasteiger partial charge in [-0.25, -0.2) is 9.59 Å². The summed E-state index contributed by atoms with van der Waals surface area (Å²) >= 11 is 0. The van der Waals surface area contributed by atoms with Gasteiger partial charge >= 0.3 is 12.0 Å². The monoisotopic (exact) mass is 396 g/mol. The van der Waals surface area contributed by atoms with Crippen molar-refractivity contribution in [2.24, 2.45) is 0 Å². The SMILES string of the molecule is CCCN1C(=O)NCC1(CCOc1ccc(C(=O)O)cc1)Cc1ccc(C)cc1. The minimum atomic E-state index is -0.959. The van der Waals surface area contributed by atoms with E-state index in [-0.39, 0.29) is 17.1 Å². The lowest BCUT2D eigenvalue weighted by molar-refractivity contribution is 0.0697. The number of hydrogen-bond donors (Lipinski definition) is 2. The van der Waals surface area contributed by atoms with Crippen LogP contribution in [-0.4, -0.2) is 47.2 Å². The number of carbonyl (C=O) groups is 2. The van der Waals surface area contributed by atoms with E-state index in [0.717, 1.165) is 12.8 Å². The molecule has 2 aromatic carbocycles. The number of carboxylic acid groups (broad SMARTS) is 1. The minimum absolute atomic E-state index is 0.0234. The Bertz CT molecular complexity index is 848. The Morgan fingerprint density at radius 1 is 1.17 bits per heavy atom. The smallest absolute Gasteiger partial charge is 0.335 e. The first kappa shape index (κ1) is 20.7. The Kier molecular flexibility index (Phi) is 6.42. The highest BCUT2D eigenvalue weighted by molar-refractivity contribution is 5.87. The van der Waals surface area contributed by atoms with Crippen LogP contribution in [0.4, 0.5) is 4.79 Å². The summed E-state index contributed by atoms with van der Waals surface area (Å²) < 4.78 is 5.89. The number of nitrogens with one attached hydrogen (secondary N) is 1. The average molecular weight is 396 g/mol. The van der Waals surface area contributed by atoms with Crippen LogP contribution in [0.25, 0.3) is 0 Å². The molecule has 0 radical (unpaired) electrons. The Balaban J connectivity index is 1.73. The largest absolute Gasteiger partial charge is 0.494 e. The number of aryl methyl sites for hydroxylation is 1. The van der Waals surface area contributed by atoms with E-state index in [2.05, 4.69) is 43.4 Å². The second-order valence-electron chi connectivity index (χ2n) is 7.63. The van der Waals surface area contributed by atoms with Crippen molar-refractivity contribution < 1.29 is 19.4 Å². The molecule has 2 N–H and O–H groups in total. The normalized spacial score (nSPS) is 18.6. The average Bonchev–Trinajstić information content (AvgIpc) is 3.00. The van der Waals surface area contributed by atoms with Crippen molar-refractivity contribution >= 4 is 12.0 Å². The highest BCUT2D eigenvalue weighted by atomic mass is 16.5. The van der Waals surface area contributed by atoms with Crippen LogP contribution >= 0.6 is 0 Å². The van der Waals surface area contributed by atoms with Gasteiger partial charge < -0.3 is 20.1 Å². The summed E-state index contributed by atoms with van der Waals surface area (Å²) in [7, 11) is 0. The van der Waals surface area contributed by atoms with Crippen molar-refractivity contribution in [2.45, 2.75) is 38.6 Å². The lowest BCUT2D eigenvalue weighted by Gasteiger charge is -2.37. The molecule has 2 aromatic rings. The van der Waals surface area contributed by atoms with Gasteiger partial charge in [0.25, 0.3) is 0 Å². The minimum Gasteiger partial charge on any atom is -0.494 e. The molecule has 29 heavy (non-hydrogen) atoms. The third kappa shape index (κ3) is 4.88. The van der Waals surface area contributed by atoms with Crippen LogP contribution in [0.2, 0.25) is 0 Å². The number of nitrogens with zero attached hydrogens (tertiary/aromatic N) is 1. The standard InChI is InChI=1S/C23H28N2O4/c1-3-13-25-22(28)24-16-23(25,15-18-6-4-17(2)5-7-18)12-14-29-20-10-8-19(9-11-20)21(26)27/h4-11H,3,12-16H2,1-2H3,(H,24,28)(H,26,27). The third-order valence-corrected chi connectivity index (χ3v) is 5.42. The van der Waals surface area contributed by atoms with Gasteiger partial charge in [0, 0.05) is 19.5 Å². The molecule has 0 spiro atoms. The van der Waals surface area contributed by atoms with Gasteiger partial charge in [0.15, 0.2) is 0 Å². The molecule has 6 nitrogen and oxygen atoms in total. The Morgan fingerprint density at radius 2 is 1.86 bits per heavy atom. The van der Waals surface area contributed by atoms with Gasteiger partial charge in [0.05, 0.1) is 17.7 Å². The van der Waals surface area contributed by atoms with Gasteiger partial charge in [-0.05, 0) is 49.6 Å². The van der Waals surface area contributed by atoms with Gasteiger partial charge in [-0.1, -0.05) is 36.8 Å². The molecular formula is C23H28N2O4. The van der Waals surface area contributed by atoms with E-state index in [9.17, 15) is 9.59 Å². The summed E-state index contributed by atoms with van der Waals surface area (Å²) in [5.74, 6) is -0.334. The molecule has 1 aliphatic heterocycles. The molecule has 0 aliphatic carbocycles. The molecule has 1 atom stereocenters. The van der Waals surface area contributed by atoms with Crippen molar-refractivity contribution in [1.29, 1.82) is 0 Å². The highest BCUT2D eigenvalue weighted by Crippen LogP contribution is 2.30. The molecule has 1 heterocycles. The maximum Gasteiger partial charge on any atom is 0.335 e. The second kappa shape index (κ2) is 8.99. The van der Waals surface area contributed by atoms with E-state index in [0.29, 0.717) is 31.9 Å². The van der Waals surface area contributed by atoms with Crippen LogP contribution in [0, 0.1) is 6.92 Å². The fourth-order valence-corrected chi connectivity index (χ4v) is 3.82. The molecule has 0 bridgehead atoms. The molecule has 2 amide bonds. The molecular weight excluding hydrogens is 368 g/mol. The maximum atomic E-state index is 12.5. The predicted molar refractivity (Wildman–Crippen MR) is 112 cm³/mol. The number of ether oxygens (including phenoxy) is 1. The summed E-state index contributed by atoms with van der Waals surface area (Å²) in [5.41, 5.74) is 2.29. The number of rotatable bonds is 9. The number of hydrogen-bond acceptors (Lipinski definition) is 3. The van der Waals surface area contributed by atoms with Gasteiger partial charge in [-0.15, -0.1) is 0 Å². The number of carboxylic acids is 1. The van der Waals surface area contributed by atoms with Crippen LogP contribution in [0.3, 0.4) is 0 Å². The quantitative estimate of drug-likeness (QED) is 0.674. The van der Waals surface area contributed by atoms with E-state index in [1.54, 1.807) is 12.1 Å². The van der Waals surface area contributed by atoms with E-state index < -0.39 is 5.97 Å². The van der Waals surface area contributed by atoms with Crippen LogP contribution < -0.4 is 10.1 Å². The number of aromatic carboxylic acids is 1. The Hall–Kier alpha value is -3.02. The number of amides is 2. The zero-order valence-electron chi connectivity index (χ0n) is 17.0. The lowest BCUT2D eigenvalue weighted by Crippen LogP contribution is -2.50. The molecule has 0 aromatic heterocycles. The summed E-state index contributed by atoms with van der Waals surface area (Å²) in [5, 5.41) is 12.0. The first-order chi connectivity index (χ1) is 13.9. The molecule has 1 fully saturated rings. The second-order valence-corrected chi connectivity index (χ2v) is 7.63. The van der Waals surface area contributed by atoms with E-state index in [1.165, 1.54) is 23.3 Å². The summed E-state index contributed by atoms with van der Waals surface area (Å²) in [4.78, 5) is 25.4. The molecule has 154 valence electrons. The molecule has 1 aliphatic rings. The van der Waals surface area contributed by atoms with Crippen molar-refractivity contribution in [3.63, 3.8) is 0 Å². The van der Waals surface area contributed by atoms with E-state index in [1.807, 2.05) is 4.90 Å². The predicted octanol–water partition coefficient (Wildman–Crippen LogP) is 3.88. The molecule has 1 unspecified atom stereocenters. The summed E-state index contributed by atoms with van der Waals surface area (Å²) in [6.45, 7) is 5.86. The van der Waals surface area contributed by atoms with E-state index >= 15 is 0 Å². The van der Waals surface area contributed by atoms with Crippen molar-refractivity contribution in [3.8, 4) is 5.75 Å². The van der Waals surface area contributed by atoms with Crippen LogP contribution in [0.15, 0.2) is 48.5 Å². The summed E-state index contributed by atoms with van der Waals surface area (Å²) in [6.07, 6.45) is 2.33. The van der Waals surface area contributed by atoms with Crippen molar-refractivity contribution in [2.75, 3.05) is 19.7 Å². The van der Waals surface area contributed by atoms with Crippen LogP contribution in [-0.2, 0) is 6.42 Å². The van der Waals surface area contributed by atoms with Gasteiger partial charge in [-0.3, -0.25) is 0 Å². The zero-order valence-corrected chi connectivity index (χ0v) is 17.0. The number of carbonyl (C=O) groups excluding carboxylic acids is 1. The topological polar surface area (TPSA) is 78.9 Å². The van der Waals surface area contributed by atoms with Gasteiger partial charge in [0.1, 0.15) is 5.75 Å². The maximum absolute atomic E-state index is 12.5. The van der Waals surface area contributed by atoms with Gasteiger partial charge in [0.2, 0.25) is 0 Å². The van der Waals surface area contributed by atoms with E-state index in [4.69, 9.17) is 9.84 Å². The molecule has 0 saturated carbocycles. The van der Waals surface area contributed by atoms with Crippen LogP contribution in [0.5, 0.6) is 5.75 Å². The zero-order chi connectivity index (χ0) is 20.9. The molecule has 6 heteroatoms. The fourth-order valence-electron chi connectivity index (χ4n) is 3.82. The first-order valence-corrected chi connectivity index (χ1v) is 10.0. The first-order valence-electron chi connectivity index (χ1n) is 10.0. The van der Waals surface area contributed by atoms with Crippen molar-refractivity contribution in [3.05, 3.63) is 65.2 Å². The summed E-state index contributed by atoms with van der Waals surface area (Å²) in [6, 6.07) is 14.8. The lowest BCUT2D eigenvalue weighted by atomic mass is 9.86. The Morgan fingerprint density at radius 3 is 2.48 bits per heavy atom. The van der Waals surface area contributed by atoms with Crippen LogP contribution in [0.1, 0.15) is 41.3 Å². The fraction of sp³-hybridized carbons (Fsp3) is 0.391. The third-order valence-electron chi connectivity index (χ3n) is 5.42. The number of urea groups is 1.